The average Bonchev–Trinajstić information content (AvgIpc) is 2.10. The molecule has 0 aliphatic heterocycles. The zero-order valence-corrected chi connectivity index (χ0v) is 9.68. The number of alkyl halides is 2. The number of rotatable bonds is 2. The lowest BCUT2D eigenvalue weighted by Crippen LogP contribution is -1.99. The van der Waals surface area contributed by atoms with Gasteiger partial charge in [-0.1, -0.05) is 11.6 Å². The Kier molecular flexibility index (Phi) is 4.01. The molecule has 1 aromatic heterocycles. The Hall–Kier alpha value is -0.480. The van der Waals surface area contributed by atoms with Gasteiger partial charge in [0.25, 0.3) is 6.43 Å². The third-order valence-electron chi connectivity index (χ3n) is 1.50. The fourth-order valence-corrected chi connectivity index (χ4v) is 1.84. The minimum atomic E-state index is -2.60. The van der Waals surface area contributed by atoms with Gasteiger partial charge >= 0.3 is 0 Å². The zero-order valence-electron chi connectivity index (χ0n) is 6.77. The molecule has 0 aliphatic carbocycles. The van der Waals surface area contributed by atoms with Crippen LogP contribution < -0.4 is 0 Å². The summed E-state index contributed by atoms with van der Waals surface area (Å²) in [4.78, 5) is 3.81. The van der Waals surface area contributed by atoms with Gasteiger partial charge in [0.05, 0.1) is 18.2 Å². The number of pyridine rings is 1. The summed E-state index contributed by atoms with van der Waals surface area (Å²) in [5.41, 5.74) is 0.131. The number of nitrogens with zero attached hydrogens (tertiary/aromatic N) is 2. The van der Waals surface area contributed by atoms with E-state index in [1.165, 1.54) is 0 Å². The molecule has 6 heteroatoms. The zero-order chi connectivity index (χ0) is 10.7. The number of hydrogen-bond donors (Lipinski definition) is 0. The summed E-state index contributed by atoms with van der Waals surface area (Å²) in [5.74, 6) is 0. The van der Waals surface area contributed by atoms with Crippen molar-refractivity contribution in [2.75, 3.05) is 0 Å². The van der Waals surface area contributed by atoms with Crippen LogP contribution in [0.15, 0.2) is 6.07 Å². The van der Waals surface area contributed by atoms with Crippen LogP contribution in [0.1, 0.15) is 17.7 Å². The lowest BCUT2D eigenvalue weighted by Gasteiger charge is -2.06. The van der Waals surface area contributed by atoms with E-state index < -0.39 is 6.43 Å². The molecule has 0 atom stereocenters. The Labute approximate surface area is 98.0 Å². The van der Waals surface area contributed by atoms with Crippen molar-refractivity contribution >= 4 is 34.2 Å². The van der Waals surface area contributed by atoms with Crippen molar-refractivity contribution in [2.45, 2.75) is 12.8 Å². The average molecular weight is 328 g/mol. The molecule has 0 aliphatic rings. The van der Waals surface area contributed by atoms with Crippen molar-refractivity contribution in [3.8, 4) is 6.07 Å². The fraction of sp³-hybridized carbons (Fsp3) is 0.250. The Morgan fingerprint density at radius 1 is 1.64 bits per heavy atom. The van der Waals surface area contributed by atoms with E-state index in [1.54, 1.807) is 22.6 Å². The molecule has 0 fully saturated rings. The summed E-state index contributed by atoms with van der Waals surface area (Å²) in [6.45, 7) is 0. The van der Waals surface area contributed by atoms with Gasteiger partial charge in [-0.25, -0.2) is 13.8 Å². The molecule has 0 aromatic carbocycles. The van der Waals surface area contributed by atoms with Gasteiger partial charge in [0.1, 0.15) is 5.15 Å². The van der Waals surface area contributed by atoms with Crippen LogP contribution >= 0.6 is 34.2 Å². The number of hydrogen-bond acceptors (Lipinski definition) is 2. The topological polar surface area (TPSA) is 36.7 Å². The minimum Gasteiger partial charge on any atom is -0.239 e. The van der Waals surface area contributed by atoms with Gasteiger partial charge in [0.15, 0.2) is 0 Å². The number of nitriles is 1. The second-order valence-corrected chi connectivity index (χ2v) is 3.90. The first-order valence-corrected chi connectivity index (χ1v) is 5.02. The molecule has 0 N–H and O–H groups in total. The second kappa shape index (κ2) is 4.84. The molecule has 0 saturated heterocycles. The highest BCUT2D eigenvalue weighted by molar-refractivity contribution is 14.1. The van der Waals surface area contributed by atoms with E-state index in [2.05, 4.69) is 4.98 Å². The molecule has 0 saturated carbocycles. The minimum absolute atomic E-state index is 0.00836. The molecule has 0 radical (unpaired) electrons. The summed E-state index contributed by atoms with van der Waals surface area (Å²) in [6, 6.07) is 2.97. The van der Waals surface area contributed by atoms with Crippen LogP contribution in [-0.2, 0) is 6.42 Å². The molecular formula is C8H4ClF2IN2. The Morgan fingerprint density at radius 2 is 2.29 bits per heavy atom. The molecule has 2 nitrogen and oxygen atoms in total. The van der Waals surface area contributed by atoms with E-state index >= 15 is 0 Å². The van der Waals surface area contributed by atoms with Crippen LogP contribution in [-0.4, -0.2) is 4.98 Å². The van der Waals surface area contributed by atoms with E-state index in [1.807, 2.05) is 6.07 Å². The highest BCUT2D eigenvalue weighted by atomic mass is 127. The molecule has 1 heterocycles. The van der Waals surface area contributed by atoms with Crippen LogP contribution in [0.25, 0.3) is 0 Å². The van der Waals surface area contributed by atoms with Gasteiger partial charge in [-0.05, 0) is 28.7 Å². The van der Waals surface area contributed by atoms with Crippen LogP contribution in [0.2, 0.25) is 5.15 Å². The fourth-order valence-electron chi connectivity index (χ4n) is 0.919. The van der Waals surface area contributed by atoms with Crippen molar-refractivity contribution in [2.24, 2.45) is 0 Å². The Balaban J connectivity index is 3.26. The van der Waals surface area contributed by atoms with Gasteiger partial charge in [-0.2, -0.15) is 5.26 Å². The molecule has 0 amide bonds. The Morgan fingerprint density at radius 3 is 2.79 bits per heavy atom. The van der Waals surface area contributed by atoms with E-state index in [0.29, 0.717) is 9.26 Å². The van der Waals surface area contributed by atoms with Crippen LogP contribution in [0.4, 0.5) is 8.78 Å². The summed E-state index contributed by atoms with van der Waals surface area (Å²) in [5, 5.41) is 8.43. The van der Waals surface area contributed by atoms with Crippen molar-refractivity contribution in [1.29, 1.82) is 5.26 Å². The number of aromatic nitrogens is 1. The van der Waals surface area contributed by atoms with E-state index in [0.717, 1.165) is 6.07 Å². The summed E-state index contributed by atoms with van der Waals surface area (Å²) >= 11 is 7.29. The van der Waals surface area contributed by atoms with Crippen LogP contribution in [0.5, 0.6) is 0 Å². The molecule has 0 spiro atoms. The molecule has 1 rings (SSSR count). The van der Waals surface area contributed by atoms with Gasteiger partial charge in [-0.3, -0.25) is 0 Å². The quantitative estimate of drug-likeness (QED) is 0.617. The standard InChI is InChI=1S/C8H4ClF2IN2/c9-6-3-4(8(10)11)7(12)5(14-6)1-2-13/h3,8H,1H2. The van der Waals surface area contributed by atoms with E-state index in [-0.39, 0.29) is 17.1 Å². The maximum absolute atomic E-state index is 12.5. The lowest BCUT2D eigenvalue weighted by molar-refractivity contribution is 0.150. The van der Waals surface area contributed by atoms with Crippen molar-refractivity contribution in [1.82, 2.24) is 4.98 Å². The van der Waals surface area contributed by atoms with Gasteiger partial charge < -0.3 is 0 Å². The summed E-state index contributed by atoms with van der Waals surface area (Å²) in [7, 11) is 0. The molecule has 1 aromatic rings. The molecule has 0 bridgehead atoms. The third kappa shape index (κ3) is 2.51. The first kappa shape index (κ1) is 11.6. The molecule has 74 valence electrons. The maximum Gasteiger partial charge on any atom is 0.265 e. The van der Waals surface area contributed by atoms with Crippen molar-refractivity contribution in [3.05, 3.63) is 26.0 Å². The molecule has 0 unspecified atom stereocenters. The third-order valence-corrected chi connectivity index (χ3v) is 2.94. The predicted octanol–water partition coefficient (Wildman–Crippen LogP) is 3.34. The first-order valence-electron chi connectivity index (χ1n) is 3.56. The smallest absolute Gasteiger partial charge is 0.239 e. The second-order valence-electron chi connectivity index (χ2n) is 2.43. The SMILES string of the molecule is N#CCc1nc(Cl)cc(C(F)F)c1I. The highest BCUT2D eigenvalue weighted by Crippen LogP contribution is 2.28. The van der Waals surface area contributed by atoms with Crippen LogP contribution in [0, 0.1) is 14.9 Å². The van der Waals surface area contributed by atoms with Gasteiger partial charge in [0.2, 0.25) is 0 Å². The van der Waals surface area contributed by atoms with Gasteiger partial charge in [0, 0.05) is 9.13 Å². The lowest BCUT2D eigenvalue weighted by atomic mass is 10.2. The largest absolute Gasteiger partial charge is 0.265 e. The highest BCUT2D eigenvalue weighted by Gasteiger charge is 2.16. The maximum atomic E-state index is 12.5. The number of halogens is 4. The summed E-state index contributed by atoms with van der Waals surface area (Å²) < 4.78 is 25.2. The Bertz CT molecular complexity index is 390. The molecule has 14 heavy (non-hydrogen) atoms. The van der Waals surface area contributed by atoms with Gasteiger partial charge in [-0.15, -0.1) is 0 Å². The van der Waals surface area contributed by atoms with E-state index in [4.69, 9.17) is 16.9 Å². The molecular weight excluding hydrogens is 324 g/mol. The normalized spacial score (nSPS) is 10.3. The van der Waals surface area contributed by atoms with Crippen LogP contribution in [0.3, 0.4) is 0 Å². The summed E-state index contributed by atoms with van der Waals surface area (Å²) in [6.07, 6.45) is -2.61. The van der Waals surface area contributed by atoms with Crippen molar-refractivity contribution < 1.29 is 8.78 Å². The van der Waals surface area contributed by atoms with E-state index in [9.17, 15) is 8.78 Å². The monoisotopic (exact) mass is 328 g/mol. The first-order chi connectivity index (χ1) is 6.56. The predicted molar refractivity (Wildman–Crippen MR) is 56.2 cm³/mol. The van der Waals surface area contributed by atoms with Crippen molar-refractivity contribution in [3.63, 3.8) is 0 Å².